The van der Waals surface area contributed by atoms with Gasteiger partial charge in [0, 0.05) is 5.92 Å². The third kappa shape index (κ3) is 4.55. The standard InChI is InChI=1S/C25H21FN2O5/c1-14(23(29)28-22-12-15(24(30)31)10-11-21(22)26)27-25(32)33-13-20-18-8-4-2-6-16(18)17-7-3-5-9-19(17)20/h2-12,14,20H,13H2,1H3,(H,27,32)(H,28,29)(H,30,31)/t14-/m0/s1. The molecule has 1 aliphatic carbocycles. The van der Waals surface area contributed by atoms with E-state index in [-0.39, 0.29) is 23.8 Å². The van der Waals surface area contributed by atoms with Crippen LogP contribution in [0.5, 0.6) is 0 Å². The summed E-state index contributed by atoms with van der Waals surface area (Å²) >= 11 is 0. The van der Waals surface area contributed by atoms with Crippen LogP contribution in [0.15, 0.2) is 66.7 Å². The molecule has 0 radical (unpaired) electrons. The topological polar surface area (TPSA) is 105 Å². The highest BCUT2D eigenvalue weighted by molar-refractivity contribution is 5.97. The molecule has 4 rings (SSSR count). The molecule has 33 heavy (non-hydrogen) atoms. The molecule has 0 aromatic heterocycles. The SMILES string of the molecule is C[C@H](NC(=O)OCC1c2ccccc2-c2ccccc21)C(=O)Nc1cc(C(=O)O)ccc1F. The van der Waals surface area contributed by atoms with Crippen LogP contribution in [0.1, 0.15) is 34.3 Å². The Hall–Kier alpha value is -4.20. The predicted octanol–water partition coefficient (Wildman–Crippen LogP) is 4.39. The lowest BCUT2D eigenvalue weighted by Crippen LogP contribution is -2.42. The van der Waals surface area contributed by atoms with Crippen LogP contribution >= 0.6 is 0 Å². The van der Waals surface area contributed by atoms with E-state index in [1.807, 2.05) is 48.5 Å². The average molecular weight is 448 g/mol. The van der Waals surface area contributed by atoms with E-state index in [2.05, 4.69) is 10.6 Å². The first kappa shape index (κ1) is 22.0. The second kappa shape index (κ2) is 9.12. The maximum atomic E-state index is 13.9. The first-order chi connectivity index (χ1) is 15.8. The van der Waals surface area contributed by atoms with E-state index in [1.165, 1.54) is 6.92 Å². The summed E-state index contributed by atoms with van der Waals surface area (Å²) in [5.41, 5.74) is 3.85. The quantitative estimate of drug-likeness (QED) is 0.519. The summed E-state index contributed by atoms with van der Waals surface area (Å²) in [6.45, 7) is 1.50. The molecule has 3 N–H and O–H groups in total. The lowest BCUT2D eigenvalue weighted by molar-refractivity contribution is -0.117. The Balaban J connectivity index is 1.37. The van der Waals surface area contributed by atoms with Crippen LogP contribution in [-0.2, 0) is 9.53 Å². The molecule has 0 unspecified atom stereocenters. The van der Waals surface area contributed by atoms with Gasteiger partial charge >= 0.3 is 12.1 Å². The molecule has 168 valence electrons. The van der Waals surface area contributed by atoms with Gasteiger partial charge in [-0.15, -0.1) is 0 Å². The number of alkyl carbamates (subject to hydrolysis) is 1. The number of carboxylic acid groups (broad SMARTS) is 1. The van der Waals surface area contributed by atoms with Crippen molar-refractivity contribution in [2.24, 2.45) is 0 Å². The van der Waals surface area contributed by atoms with Gasteiger partial charge in [0.1, 0.15) is 18.5 Å². The second-order valence-electron chi connectivity index (χ2n) is 7.68. The number of anilines is 1. The minimum absolute atomic E-state index is 0.0868. The molecular formula is C25H21FN2O5. The number of halogens is 1. The number of carbonyl (C=O) groups excluding carboxylic acids is 2. The fraction of sp³-hybridized carbons (Fsp3) is 0.160. The van der Waals surface area contributed by atoms with Gasteiger partial charge in [0.2, 0.25) is 5.91 Å². The third-order valence-corrected chi connectivity index (χ3v) is 5.54. The Morgan fingerprint density at radius 3 is 2.21 bits per heavy atom. The zero-order valence-corrected chi connectivity index (χ0v) is 17.7. The predicted molar refractivity (Wildman–Crippen MR) is 120 cm³/mol. The third-order valence-electron chi connectivity index (χ3n) is 5.54. The van der Waals surface area contributed by atoms with Gasteiger partial charge in [-0.3, -0.25) is 4.79 Å². The summed E-state index contributed by atoms with van der Waals surface area (Å²) < 4.78 is 19.3. The summed E-state index contributed by atoms with van der Waals surface area (Å²) in [7, 11) is 0. The zero-order valence-electron chi connectivity index (χ0n) is 17.7. The smallest absolute Gasteiger partial charge is 0.407 e. The molecule has 0 spiro atoms. The number of amides is 2. The summed E-state index contributed by atoms with van der Waals surface area (Å²) in [5.74, 6) is -2.89. The van der Waals surface area contributed by atoms with Crippen molar-refractivity contribution >= 4 is 23.7 Å². The van der Waals surface area contributed by atoms with Crippen molar-refractivity contribution < 1.29 is 28.6 Å². The van der Waals surface area contributed by atoms with Gasteiger partial charge in [0.15, 0.2) is 0 Å². The van der Waals surface area contributed by atoms with Crippen LogP contribution in [0.4, 0.5) is 14.9 Å². The van der Waals surface area contributed by atoms with Gasteiger partial charge in [0.25, 0.3) is 0 Å². The van der Waals surface area contributed by atoms with E-state index in [0.717, 1.165) is 40.5 Å². The van der Waals surface area contributed by atoms with Crippen LogP contribution < -0.4 is 10.6 Å². The Morgan fingerprint density at radius 1 is 1.00 bits per heavy atom. The molecule has 0 saturated carbocycles. The Kier molecular flexibility index (Phi) is 6.08. The highest BCUT2D eigenvalue weighted by Gasteiger charge is 2.29. The van der Waals surface area contributed by atoms with Gasteiger partial charge in [-0.2, -0.15) is 0 Å². The summed E-state index contributed by atoms with van der Waals surface area (Å²) in [4.78, 5) is 35.8. The van der Waals surface area contributed by atoms with Crippen molar-refractivity contribution in [3.63, 3.8) is 0 Å². The van der Waals surface area contributed by atoms with Gasteiger partial charge in [-0.1, -0.05) is 48.5 Å². The summed E-state index contributed by atoms with van der Waals surface area (Å²) in [6.07, 6.45) is -0.792. The molecule has 0 saturated heterocycles. The largest absolute Gasteiger partial charge is 0.478 e. The van der Waals surface area contributed by atoms with E-state index in [9.17, 15) is 18.8 Å². The van der Waals surface area contributed by atoms with Gasteiger partial charge in [0.05, 0.1) is 11.3 Å². The number of hydrogen-bond donors (Lipinski definition) is 3. The highest BCUT2D eigenvalue weighted by Crippen LogP contribution is 2.44. The minimum atomic E-state index is -1.25. The number of hydrogen-bond acceptors (Lipinski definition) is 4. The molecule has 2 amide bonds. The van der Waals surface area contributed by atoms with E-state index >= 15 is 0 Å². The Bertz CT molecular complexity index is 1200. The van der Waals surface area contributed by atoms with E-state index in [0.29, 0.717) is 0 Å². The molecule has 0 bridgehead atoms. The van der Waals surface area contributed by atoms with Gasteiger partial charge < -0.3 is 20.5 Å². The van der Waals surface area contributed by atoms with E-state index in [1.54, 1.807) is 0 Å². The maximum Gasteiger partial charge on any atom is 0.407 e. The van der Waals surface area contributed by atoms with Crippen molar-refractivity contribution in [3.8, 4) is 11.1 Å². The number of aromatic carboxylic acids is 1. The number of nitrogens with one attached hydrogen (secondary N) is 2. The fourth-order valence-corrected chi connectivity index (χ4v) is 3.88. The zero-order chi connectivity index (χ0) is 23.5. The molecular weight excluding hydrogens is 427 g/mol. The van der Waals surface area contributed by atoms with Crippen molar-refractivity contribution in [3.05, 3.63) is 89.2 Å². The van der Waals surface area contributed by atoms with Crippen molar-refractivity contribution in [1.82, 2.24) is 5.32 Å². The number of carbonyl (C=O) groups is 3. The maximum absolute atomic E-state index is 13.9. The van der Waals surface area contributed by atoms with E-state index < -0.39 is 29.8 Å². The molecule has 0 fully saturated rings. The Morgan fingerprint density at radius 2 is 1.61 bits per heavy atom. The van der Waals surface area contributed by atoms with Crippen LogP contribution in [0.3, 0.4) is 0 Å². The first-order valence-electron chi connectivity index (χ1n) is 10.3. The normalized spacial score (nSPS) is 12.9. The minimum Gasteiger partial charge on any atom is -0.478 e. The van der Waals surface area contributed by atoms with Crippen molar-refractivity contribution in [1.29, 1.82) is 0 Å². The summed E-state index contributed by atoms with van der Waals surface area (Å²) in [5, 5.41) is 13.7. The lowest BCUT2D eigenvalue weighted by Gasteiger charge is -2.17. The number of rotatable bonds is 6. The molecule has 3 aromatic rings. The molecule has 0 aliphatic heterocycles. The molecule has 0 heterocycles. The molecule has 7 nitrogen and oxygen atoms in total. The van der Waals surface area contributed by atoms with Gasteiger partial charge in [-0.25, -0.2) is 14.0 Å². The Labute approximate surface area is 189 Å². The molecule has 1 aliphatic rings. The summed E-state index contributed by atoms with van der Waals surface area (Å²) in [6, 6.07) is 17.8. The van der Waals surface area contributed by atoms with Crippen molar-refractivity contribution in [2.75, 3.05) is 11.9 Å². The number of benzene rings is 3. The molecule has 8 heteroatoms. The van der Waals surface area contributed by atoms with Gasteiger partial charge in [-0.05, 0) is 47.4 Å². The number of ether oxygens (including phenoxy) is 1. The highest BCUT2D eigenvalue weighted by atomic mass is 19.1. The van der Waals surface area contributed by atoms with Crippen LogP contribution in [0.25, 0.3) is 11.1 Å². The fourth-order valence-electron chi connectivity index (χ4n) is 3.88. The number of carboxylic acids is 1. The second-order valence-corrected chi connectivity index (χ2v) is 7.68. The van der Waals surface area contributed by atoms with Crippen molar-refractivity contribution in [2.45, 2.75) is 18.9 Å². The van der Waals surface area contributed by atoms with Crippen LogP contribution in [-0.4, -0.2) is 35.7 Å². The lowest BCUT2D eigenvalue weighted by atomic mass is 9.98. The van der Waals surface area contributed by atoms with E-state index in [4.69, 9.17) is 9.84 Å². The molecule has 3 aromatic carbocycles. The van der Waals surface area contributed by atoms with Crippen LogP contribution in [0, 0.1) is 5.82 Å². The monoisotopic (exact) mass is 448 g/mol. The average Bonchev–Trinajstić information content (AvgIpc) is 3.12. The van der Waals surface area contributed by atoms with Crippen LogP contribution in [0.2, 0.25) is 0 Å². The first-order valence-corrected chi connectivity index (χ1v) is 10.3. The number of fused-ring (bicyclic) bond motifs is 3. The molecule has 1 atom stereocenters.